The molecule has 0 aliphatic carbocycles. The molecule has 7 nitrogen and oxygen atoms in total. The molecule has 1 aromatic heterocycles. The first-order valence-electron chi connectivity index (χ1n) is 11.9. The molecule has 1 N–H and O–H groups in total. The van der Waals surface area contributed by atoms with Crippen molar-refractivity contribution in [2.24, 2.45) is 5.92 Å². The Morgan fingerprint density at radius 2 is 1.94 bits per heavy atom. The molecule has 178 valence electrons. The maximum atomic E-state index is 13.2. The normalized spacial score (nSPS) is 17.5. The minimum absolute atomic E-state index is 0.0135. The van der Waals surface area contributed by atoms with Gasteiger partial charge in [-0.25, -0.2) is 9.78 Å². The Balaban J connectivity index is 1.49. The number of amides is 2. The van der Waals surface area contributed by atoms with Crippen LogP contribution >= 0.6 is 0 Å². The summed E-state index contributed by atoms with van der Waals surface area (Å²) in [5, 5.41) is 3.43. The van der Waals surface area contributed by atoms with Gasteiger partial charge in [0.05, 0.1) is 10.9 Å². The van der Waals surface area contributed by atoms with Crippen LogP contribution in [-0.4, -0.2) is 34.3 Å². The van der Waals surface area contributed by atoms with Crippen LogP contribution in [0.2, 0.25) is 0 Å². The summed E-state index contributed by atoms with van der Waals surface area (Å²) in [5.41, 5.74) is 1.99. The molecule has 1 unspecified atom stereocenters. The predicted octanol–water partition coefficient (Wildman–Crippen LogP) is 3.93. The van der Waals surface area contributed by atoms with Crippen LogP contribution in [0, 0.1) is 12.8 Å². The van der Waals surface area contributed by atoms with E-state index in [1.165, 1.54) is 0 Å². The fraction of sp³-hybridized carbons (Fsp3) is 0.407. The molecule has 3 aromatic rings. The van der Waals surface area contributed by atoms with Crippen LogP contribution in [0.1, 0.15) is 56.2 Å². The molecule has 1 aliphatic rings. The first kappa shape index (κ1) is 23.7. The number of fused-ring (bicyclic) bond motifs is 1. The lowest BCUT2D eigenvalue weighted by molar-refractivity contribution is -0.141. The van der Waals surface area contributed by atoms with Gasteiger partial charge in [0.15, 0.2) is 0 Å². The summed E-state index contributed by atoms with van der Waals surface area (Å²) in [6.45, 7) is 6.21. The van der Waals surface area contributed by atoms with E-state index in [1.807, 2.05) is 63.2 Å². The third-order valence-corrected chi connectivity index (χ3v) is 6.55. The van der Waals surface area contributed by atoms with Gasteiger partial charge in [-0.2, -0.15) is 0 Å². The van der Waals surface area contributed by atoms with Crippen molar-refractivity contribution in [3.05, 3.63) is 76.0 Å². The van der Waals surface area contributed by atoms with Crippen molar-refractivity contribution >= 4 is 22.7 Å². The molecule has 0 bridgehead atoms. The standard InChI is InChI=1S/C27H31N3O4/c1-4-20(25-29-21-13-8-10-17(2)23(21)27(33)34-25)28-24(31)22-14-9-15-30(22)26(32)18(3)16-19-11-6-5-7-12-19/h5-8,10-13,18,20,22H,4,9,14-16H2,1-3H3,(H,28,31)/t18?,20-,22-/m0/s1. The molecule has 34 heavy (non-hydrogen) atoms. The summed E-state index contributed by atoms with van der Waals surface area (Å²) in [5.74, 6) is -0.285. The SMILES string of the molecule is CC[C@H](NC(=O)[C@@H]1CCCN1C(=O)C(C)Cc1ccccc1)c1nc2cccc(C)c2c(=O)o1. The topological polar surface area (TPSA) is 92.5 Å². The van der Waals surface area contributed by atoms with Crippen molar-refractivity contribution in [1.29, 1.82) is 0 Å². The zero-order valence-corrected chi connectivity index (χ0v) is 19.9. The van der Waals surface area contributed by atoms with Gasteiger partial charge in [0.2, 0.25) is 17.7 Å². The molecule has 0 radical (unpaired) electrons. The van der Waals surface area contributed by atoms with Gasteiger partial charge in [0.25, 0.3) is 0 Å². The minimum atomic E-state index is -0.551. The molecular formula is C27H31N3O4. The zero-order valence-electron chi connectivity index (χ0n) is 19.9. The third-order valence-electron chi connectivity index (χ3n) is 6.55. The third kappa shape index (κ3) is 4.88. The molecule has 1 saturated heterocycles. The largest absolute Gasteiger partial charge is 0.406 e. The number of carbonyl (C=O) groups is 2. The van der Waals surface area contributed by atoms with Crippen molar-refractivity contribution in [3.63, 3.8) is 0 Å². The second-order valence-corrected chi connectivity index (χ2v) is 9.06. The molecule has 0 saturated carbocycles. The Bertz CT molecular complexity index is 1240. The van der Waals surface area contributed by atoms with Gasteiger partial charge >= 0.3 is 5.63 Å². The fourth-order valence-corrected chi connectivity index (χ4v) is 4.70. The maximum Gasteiger partial charge on any atom is 0.347 e. The van der Waals surface area contributed by atoms with Crippen LogP contribution in [0.5, 0.6) is 0 Å². The van der Waals surface area contributed by atoms with E-state index in [9.17, 15) is 14.4 Å². The van der Waals surface area contributed by atoms with Gasteiger partial charge in [0.1, 0.15) is 12.1 Å². The Labute approximate surface area is 199 Å². The predicted molar refractivity (Wildman–Crippen MR) is 130 cm³/mol. The van der Waals surface area contributed by atoms with Crippen molar-refractivity contribution < 1.29 is 14.0 Å². The molecular weight excluding hydrogens is 430 g/mol. The van der Waals surface area contributed by atoms with Crippen molar-refractivity contribution in [2.45, 2.75) is 58.5 Å². The molecule has 1 fully saturated rings. The van der Waals surface area contributed by atoms with Gasteiger partial charge in [-0.05, 0) is 49.8 Å². The highest BCUT2D eigenvalue weighted by Gasteiger charge is 2.37. The number of aryl methyl sites for hydroxylation is 1. The molecule has 2 heterocycles. The van der Waals surface area contributed by atoms with Gasteiger partial charge in [0, 0.05) is 12.5 Å². The number of likely N-dealkylation sites (tertiary alicyclic amines) is 1. The van der Waals surface area contributed by atoms with E-state index in [2.05, 4.69) is 10.3 Å². The summed E-state index contributed by atoms with van der Waals surface area (Å²) in [6.07, 6.45) is 2.53. The van der Waals surface area contributed by atoms with Gasteiger partial charge in [-0.1, -0.05) is 56.3 Å². The number of nitrogens with one attached hydrogen (secondary N) is 1. The summed E-state index contributed by atoms with van der Waals surface area (Å²) in [4.78, 5) is 45.2. The van der Waals surface area contributed by atoms with E-state index in [1.54, 1.807) is 11.0 Å². The van der Waals surface area contributed by atoms with Crippen LogP contribution in [0.4, 0.5) is 0 Å². The average molecular weight is 462 g/mol. The molecule has 4 rings (SSSR count). The monoisotopic (exact) mass is 461 g/mol. The van der Waals surface area contributed by atoms with Gasteiger partial charge in [-0.3, -0.25) is 9.59 Å². The number of nitrogens with zero attached hydrogens (tertiary/aromatic N) is 2. The number of rotatable bonds is 7. The number of benzene rings is 2. The van der Waals surface area contributed by atoms with E-state index in [0.29, 0.717) is 36.7 Å². The molecule has 0 spiro atoms. The quantitative estimate of drug-likeness (QED) is 0.575. The second kappa shape index (κ2) is 10.2. The summed E-state index contributed by atoms with van der Waals surface area (Å²) in [6, 6.07) is 14.3. The first-order valence-corrected chi connectivity index (χ1v) is 11.9. The molecule has 7 heteroatoms. The van der Waals surface area contributed by atoms with Crippen molar-refractivity contribution in [2.75, 3.05) is 6.54 Å². The van der Waals surface area contributed by atoms with Crippen molar-refractivity contribution in [3.8, 4) is 0 Å². The van der Waals surface area contributed by atoms with E-state index < -0.39 is 17.7 Å². The van der Waals surface area contributed by atoms with E-state index >= 15 is 0 Å². The number of aromatic nitrogens is 1. The molecule has 2 amide bonds. The lowest BCUT2D eigenvalue weighted by Gasteiger charge is -2.28. The number of hydrogen-bond acceptors (Lipinski definition) is 5. The van der Waals surface area contributed by atoms with E-state index in [4.69, 9.17) is 4.42 Å². The Morgan fingerprint density at radius 1 is 1.18 bits per heavy atom. The minimum Gasteiger partial charge on any atom is -0.406 e. The first-order chi connectivity index (χ1) is 16.4. The highest BCUT2D eigenvalue weighted by molar-refractivity contribution is 5.89. The molecule has 3 atom stereocenters. The Morgan fingerprint density at radius 3 is 2.68 bits per heavy atom. The van der Waals surface area contributed by atoms with Gasteiger partial charge < -0.3 is 14.6 Å². The van der Waals surface area contributed by atoms with Crippen LogP contribution in [0.15, 0.2) is 57.7 Å². The Kier molecular flexibility index (Phi) is 7.10. The highest BCUT2D eigenvalue weighted by Crippen LogP contribution is 2.24. The zero-order chi connectivity index (χ0) is 24.2. The van der Waals surface area contributed by atoms with Gasteiger partial charge in [-0.15, -0.1) is 0 Å². The second-order valence-electron chi connectivity index (χ2n) is 9.06. The lowest BCUT2D eigenvalue weighted by atomic mass is 9.99. The molecule has 2 aromatic carbocycles. The molecule has 1 aliphatic heterocycles. The highest BCUT2D eigenvalue weighted by atomic mass is 16.4. The van der Waals surface area contributed by atoms with Crippen LogP contribution in [0.25, 0.3) is 10.9 Å². The maximum absolute atomic E-state index is 13.2. The van der Waals surface area contributed by atoms with Crippen molar-refractivity contribution in [1.82, 2.24) is 15.2 Å². The Hall–Kier alpha value is -3.48. The lowest BCUT2D eigenvalue weighted by Crippen LogP contribution is -2.48. The number of hydrogen-bond donors (Lipinski definition) is 1. The van der Waals surface area contributed by atoms with Crippen LogP contribution in [0.3, 0.4) is 0 Å². The van der Waals surface area contributed by atoms with Crippen LogP contribution < -0.4 is 10.9 Å². The van der Waals surface area contributed by atoms with Crippen LogP contribution in [-0.2, 0) is 16.0 Å². The fourth-order valence-electron chi connectivity index (χ4n) is 4.70. The average Bonchev–Trinajstić information content (AvgIpc) is 3.32. The smallest absolute Gasteiger partial charge is 0.347 e. The summed E-state index contributed by atoms with van der Waals surface area (Å²) >= 11 is 0. The van der Waals surface area contributed by atoms with E-state index in [0.717, 1.165) is 17.5 Å². The number of carbonyl (C=O) groups excluding carboxylic acids is 2. The summed E-state index contributed by atoms with van der Waals surface area (Å²) in [7, 11) is 0. The van der Waals surface area contributed by atoms with E-state index in [-0.39, 0.29) is 23.6 Å². The summed E-state index contributed by atoms with van der Waals surface area (Å²) < 4.78 is 5.50.